The summed E-state index contributed by atoms with van der Waals surface area (Å²) in [5.41, 5.74) is 0.348. The summed E-state index contributed by atoms with van der Waals surface area (Å²) in [6.07, 6.45) is 0. The predicted molar refractivity (Wildman–Crippen MR) is 77.0 cm³/mol. The van der Waals surface area contributed by atoms with E-state index in [1.807, 2.05) is 20.0 Å². The van der Waals surface area contributed by atoms with Crippen LogP contribution in [0.15, 0.2) is 23.1 Å². The van der Waals surface area contributed by atoms with Crippen LogP contribution in [0.2, 0.25) is 5.02 Å². The van der Waals surface area contributed by atoms with E-state index in [2.05, 4.69) is 4.90 Å². The number of benzene rings is 1. The minimum absolute atomic E-state index is 0.0644. The molecule has 0 saturated carbocycles. The molecule has 1 atom stereocenters. The predicted octanol–water partition coefficient (Wildman–Crippen LogP) is 1.54. The van der Waals surface area contributed by atoms with Gasteiger partial charge in [-0.2, -0.15) is 9.57 Å². The van der Waals surface area contributed by atoms with E-state index in [9.17, 15) is 8.42 Å². The number of likely N-dealkylation sites (N-methyl/N-ethyl adjacent to an activating group) is 1. The smallest absolute Gasteiger partial charge is 0.244 e. The lowest BCUT2D eigenvalue weighted by Crippen LogP contribution is -2.52. The lowest BCUT2D eigenvalue weighted by Gasteiger charge is -2.37. The first-order valence-corrected chi connectivity index (χ1v) is 8.08. The summed E-state index contributed by atoms with van der Waals surface area (Å²) in [6.45, 7) is 3.70. The summed E-state index contributed by atoms with van der Waals surface area (Å²) in [5, 5.41) is 8.89. The van der Waals surface area contributed by atoms with Gasteiger partial charge in [0.1, 0.15) is 4.90 Å². The Bertz CT molecular complexity index is 654. The SMILES string of the molecule is CC1CN(C)CCN1S(=O)(=O)c1ccc(C#N)cc1Cl. The standard InChI is InChI=1S/C13H16ClN3O2S/c1-10-9-16(2)5-6-17(10)20(18,19)13-4-3-11(8-15)7-12(13)14/h3-4,7,10H,5-6,9H2,1-2H3. The second kappa shape index (κ2) is 5.70. The van der Waals surface area contributed by atoms with Gasteiger partial charge in [0.2, 0.25) is 10.0 Å². The molecular weight excluding hydrogens is 298 g/mol. The van der Waals surface area contributed by atoms with Crippen LogP contribution in [0.3, 0.4) is 0 Å². The first-order chi connectivity index (χ1) is 9.36. The van der Waals surface area contributed by atoms with Gasteiger partial charge in [0.25, 0.3) is 0 Å². The average Bonchev–Trinajstić information content (AvgIpc) is 2.37. The van der Waals surface area contributed by atoms with Crippen LogP contribution >= 0.6 is 11.6 Å². The van der Waals surface area contributed by atoms with Crippen LogP contribution < -0.4 is 0 Å². The van der Waals surface area contributed by atoms with Gasteiger partial charge >= 0.3 is 0 Å². The quantitative estimate of drug-likeness (QED) is 0.830. The Labute approximate surface area is 124 Å². The van der Waals surface area contributed by atoms with Crippen LogP contribution in [-0.4, -0.2) is 50.3 Å². The molecule has 0 aliphatic carbocycles. The van der Waals surface area contributed by atoms with Crippen molar-refractivity contribution in [3.63, 3.8) is 0 Å². The van der Waals surface area contributed by atoms with E-state index in [1.165, 1.54) is 22.5 Å². The number of halogens is 1. The molecule has 1 aromatic carbocycles. The van der Waals surface area contributed by atoms with Gasteiger partial charge < -0.3 is 4.90 Å². The fourth-order valence-electron chi connectivity index (χ4n) is 2.39. The third kappa shape index (κ3) is 2.81. The molecule has 0 spiro atoms. The third-order valence-corrected chi connectivity index (χ3v) is 5.91. The van der Waals surface area contributed by atoms with Gasteiger partial charge in [-0.05, 0) is 32.2 Å². The molecule has 108 valence electrons. The van der Waals surface area contributed by atoms with Crippen LogP contribution in [0.5, 0.6) is 0 Å². The maximum atomic E-state index is 12.7. The monoisotopic (exact) mass is 313 g/mol. The van der Waals surface area contributed by atoms with Gasteiger partial charge in [0.05, 0.1) is 16.7 Å². The van der Waals surface area contributed by atoms with Crippen molar-refractivity contribution in [3.8, 4) is 6.07 Å². The normalized spacial score (nSPS) is 21.6. The van der Waals surface area contributed by atoms with Crippen LogP contribution in [0.4, 0.5) is 0 Å². The van der Waals surface area contributed by atoms with Gasteiger partial charge in [-0.3, -0.25) is 0 Å². The summed E-state index contributed by atoms with van der Waals surface area (Å²) in [6, 6.07) is 6.09. The fourth-order valence-corrected chi connectivity index (χ4v) is 4.52. The molecule has 2 rings (SSSR count). The Morgan fingerprint density at radius 3 is 2.65 bits per heavy atom. The number of rotatable bonds is 2. The Kier molecular flexibility index (Phi) is 4.35. The number of nitriles is 1. The zero-order valence-electron chi connectivity index (χ0n) is 11.4. The Hall–Kier alpha value is -1.13. The third-order valence-electron chi connectivity index (χ3n) is 3.42. The van der Waals surface area contributed by atoms with Crippen molar-refractivity contribution >= 4 is 21.6 Å². The molecule has 7 heteroatoms. The molecule has 0 radical (unpaired) electrons. The molecule has 20 heavy (non-hydrogen) atoms. The lowest BCUT2D eigenvalue weighted by atomic mass is 10.2. The molecule has 1 heterocycles. The van der Waals surface area contributed by atoms with Crippen LogP contribution in [0.1, 0.15) is 12.5 Å². The van der Waals surface area contributed by atoms with Gasteiger partial charge in [-0.1, -0.05) is 11.6 Å². The average molecular weight is 314 g/mol. The van der Waals surface area contributed by atoms with Crippen LogP contribution in [-0.2, 0) is 10.0 Å². The van der Waals surface area contributed by atoms with Crippen molar-refractivity contribution in [2.75, 3.05) is 26.7 Å². The zero-order chi connectivity index (χ0) is 14.9. The molecule has 1 aliphatic heterocycles. The number of nitrogens with zero attached hydrogens (tertiary/aromatic N) is 3. The molecule has 1 saturated heterocycles. The van der Waals surface area contributed by atoms with Crippen LogP contribution in [0.25, 0.3) is 0 Å². The van der Waals surface area contributed by atoms with Crippen LogP contribution in [0, 0.1) is 11.3 Å². The number of sulfonamides is 1. The largest absolute Gasteiger partial charge is 0.303 e. The highest BCUT2D eigenvalue weighted by atomic mass is 35.5. The Balaban J connectivity index is 2.38. The highest BCUT2D eigenvalue weighted by Gasteiger charge is 2.33. The van der Waals surface area contributed by atoms with Gasteiger partial charge in [0.15, 0.2) is 0 Å². The summed E-state index contributed by atoms with van der Waals surface area (Å²) in [7, 11) is -1.66. The molecule has 0 bridgehead atoms. The van der Waals surface area contributed by atoms with E-state index < -0.39 is 10.0 Å². The summed E-state index contributed by atoms with van der Waals surface area (Å²) in [4.78, 5) is 2.16. The van der Waals surface area contributed by atoms with Crippen molar-refractivity contribution in [2.24, 2.45) is 0 Å². The van der Waals surface area contributed by atoms with E-state index in [1.54, 1.807) is 0 Å². The summed E-state index contributed by atoms with van der Waals surface area (Å²) in [5.74, 6) is 0. The zero-order valence-corrected chi connectivity index (χ0v) is 12.9. The lowest BCUT2D eigenvalue weighted by molar-refractivity contribution is 0.170. The molecule has 0 N–H and O–H groups in total. The maximum Gasteiger partial charge on any atom is 0.244 e. The highest BCUT2D eigenvalue weighted by Crippen LogP contribution is 2.27. The number of piperazine rings is 1. The maximum absolute atomic E-state index is 12.7. The number of hydrogen-bond acceptors (Lipinski definition) is 4. The van der Waals surface area contributed by atoms with Gasteiger partial charge in [-0.25, -0.2) is 8.42 Å². The topological polar surface area (TPSA) is 64.4 Å². The van der Waals surface area contributed by atoms with E-state index >= 15 is 0 Å². The fraction of sp³-hybridized carbons (Fsp3) is 0.462. The van der Waals surface area contributed by atoms with Gasteiger partial charge in [0, 0.05) is 25.7 Å². The molecule has 1 aliphatic rings. The van der Waals surface area contributed by atoms with Crippen molar-refractivity contribution in [1.29, 1.82) is 5.26 Å². The van der Waals surface area contributed by atoms with E-state index in [-0.39, 0.29) is 16.0 Å². The van der Waals surface area contributed by atoms with Crippen molar-refractivity contribution in [2.45, 2.75) is 17.9 Å². The second-order valence-electron chi connectivity index (χ2n) is 4.98. The van der Waals surface area contributed by atoms with Gasteiger partial charge in [-0.15, -0.1) is 0 Å². The minimum atomic E-state index is -3.62. The van der Waals surface area contributed by atoms with E-state index in [0.29, 0.717) is 25.2 Å². The van der Waals surface area contributed by atoms with E-state index in [0.717, 1.165) is 0 Å². The molecular formula is C13H16ClN3O2S. The van der Waals surface area contributed by atoms with Crippen molar-refractivity contribution in [1.82, 2.24) is 9.21 Å². The first-order valence-electron chi connectivity index (χ1n) is 6.26. The Morgan fingerprint density at radius 1 is 1.40 bits per heavy atom. The molecule has 1 aromatic rings. The second-order valence-corrected chi connectivity index (χ2v) is 7.25. The first kappa shape index (κ1) is 15.3. The minimum Gasteiger partial charge on any atom is -0.303 e. The van der Waals surface area contributed by atoms with Crippen molar-refractivity contribution < 1.29 is 8.42 Å². The highest BCUT2D eigenvalue weighted by molar-refractivity contribution is 7.89. The molecule has 5 nitrogen and oxygen atoms in total. The van der Waals surface area contributed by atoms with Crippen molar-refractivity contribution in [3.05, 3.63) is 28.8 Å². The molecule has 0 aromatic heterocycles. The summed E-state index contributed by atoms with van der Waals surface area (Å²) >= 11 is 6.02. The number of hydrogen-bond donors (Lipinski definition) is 0. The molecule has 1 fully saturated rings. The summed E-state index contributed by atoms with van der Waals surface area (Å²) < 4.78 is 26.8. The molecule has 1 unspecified atom stereocenters. The molecule has 0 amide bonds. The Morgan fingerprint density at radius 2 is 2.10 bits per heavy atom. The van der Waals surface area contributed by atoms with E-state index in [4.69, 9.17) is 16.9 Å².